The lowest BCUT2D eigenvalue weighted by Gasteiger charge is -2.20. The second-order valence-electron chi connectivity index (χ2n) is 6.83. The van der Waals surface area contributed by atoms with E-state index in [1.807, 2.05) is 0 Å². The first kappa shape index (κ1) is 19.9. The van der Waals surface area contributed by atoms with Crippen molar-refractivity contribution in [3.63, 3.8) is 0 Å². The minimum atomic E-state index is -4.70. The number of pyridine rings is 1. The van der Waals surface area contributed by atoms with Gasteiger partial charge in [0, 0.05) is 37.5 Å². The monoisotopic (exact) mass is 395 g/mol. The second kappa shape index (κ2) is 7.65. The molecular weight excluding hydrogens is 375 g/mol. The summed E-state index contributed by atoms with van der Waals surface area (Å²) in [7, 11) is 0. The van der Waals surface area contributed by atoms with E-state index >= 15 is 0 Å². The van der Waals surface area contributed by atoms with Crippen LogP contribution in [0.4, 0.5) is 13.2 Å². The van der Waals surface area contributed by atoms with Crippen LogP contribution in [0.15, 0.2) is 29.1 Å². The van der Waals surface area contributed by atoms with Gasteiger partial charge in [0.05, 0.1) is 12.1 Å². The number of nitrogens with zero attached hydrogens (tertiary/aromatic N) is 2. The van der Waals surface area contributed by atoms with Crippen LogP contribution in [0.2, 0.25) is 0 Å². The Kier molecular flexibility index (Phi) is 5.44. The molecule has 6 nitrogen and oxygen atoms in total. The molecule has 1 fully saturated rings. The van der Waals surface area contributed by atoms with Gasteiger partial charge < -0.3 is 14.8 Å². The van der Waals surface area contributed by atoms with Gasteiger partial charge in [-0.15, -0.1) is 0 Å². The van der Waals surface area contributed by atoms with Crippen LogP contribution in [0.5, 0.6) is 0 Å². The number of carbonyl (C=O) groups excluding carboxylic acids is 2. The summed E-state index contributed by atoms with van der Waals surface area (Å²) in [5, 5.41) is 2.75. The van der Waals surface area contributed by atoms with Crippen LogP contribution >= 0.6 is 0 Å². The molecular formula is C19H20F3N3O3. The Balaban J connectivity index is 1.81. The molecule has 2 heterocycles. The molecule has 0 saturated carbocycles. The van der Waals surface area contributed by atoms with E-state index in [-0.39, 0.29) is 36.4 Å². The van der Waals surface area contributed by atoms with Crippen molar-refractivity contribution in [3.05, 3.63) is 45.7 Å². The van der Waals surface area contributed by atoms with Gasteiger partial charge in [0.15, 0.2) is 5.43 Å². The summed E-state index contributed by atoms with van der Waals surface area (Å²) >= 11 is 0. The van der Waals surface area contributed by atoms with Crippen molar-refractivity contribution in [1.29, 1.82) is 0 Å². The van der Waals surface area contributed by atoms with Gasteiger partial charge in [-0.1, -0.05) is 11.6 Å². The Bertz CT molecular complexity index is 982. The smallest absolute Gasteiger partial charge is 0.353 e. The van der Waals surface area contributed by atoms with Crippen LogP contribution in [0.1, 0.15) is 24.1 Å². The highest BCUT2D eigenvalue weighted by molar-refractivity contribution is 5.85. The van der Waals surface area contributed by atoms with Gasteiger partial charge in [0.25, 0.3) is 0 Å². The van der Waals surface area contributed by atoms with Crippen LogP contribution in [-0.4, -0.2) is 40.9 Å². The SMILES string of the molecule is Cc1ccc2c(c1)c(=O)cc(C(F)(F)F)n2CCNC(=O)CN1CCCC1=O. The standard InChI is InChI=1S/C19H20F3N3O3/c1-12-4-5-14-13(9-12)15(26)10-16(19(20,21)22)25(14)8-6-23-17(27)11-24-7-2-3-18(24)28/h4-5,9-10H,2-3,6-8,11H2,1H3,(H,23,27). The fraction of sp³-hybridized carbons (Fsp3) is 0.421. The summed E-state index contributed by atoms with van der Waals surface area (Å²) < 4.78 is 41.3. The van der Waals surface area contributed by atoms with E-state index in [9.17, 15) is 27.6 Å². The normalized spacial score (nSPS) is 14.7. The number of alkyl halides is 3. The molecule has 0 spiro atoms. The molecule has 0 radical (unpaired) electrons. The zero-order valence-electron chi connectivity index (χ0n) is 15.3. The molecule has 1 saturated heterocycles. The average molecular weight is 395 g/mol. The van der Waals surface area contributed by atoms with Crippen molar-refractivity contribution in [1.82, 2.24) is 14.8 Å². The molecule has 0 atom stereocenters. The van der Waals surface area contributed by atoms with Crippen LogP contribution in [0.25, 0.3) is 10.9 Å². The summed E-state index contributed by atoms with van der Waals surface area (Å²) in [6.07, 6.45) is -3.60. The number of likely N-dealkylation sites (tertiary alicyclic amines) is 1. The van der Waals surface area contributed by atoms with Crippen LogP contribution in [-0.2, 0) is 22.3 Å². The molecule has 1 aliphatic heterocycles. The molecule has 1 N–H and O–H groups in total. The maximum absolute atomic E-state index is 13.4. The number of nitrogens with one attached hydrogen (secondary N) is 1. The van der Waals surface area contributed by atoms with E-state index in [0.717, 1.165) is 10.1 Å². The number of benzene rings is 1. The third-order valence-electron chi connectivity index (χ3n) is 4.72. The van der Waals surface area contributed by atoms with Gasteiger partial charge in [0.2, 0.25) is 11.8 Å². The van der Waals surface area contributed by atoms with Crippen LogP contribution in [0, 0.1) is 6.92 Å². The van der Waals surface area contributed by atoms with E-state index in [0.29, 0.717) is 25.5 Å². The quantitative estimate of drug-likeness (QED) is 0.843. The molecule has 1 aromatic carbocycles. The first-order valence-corrected chi connectivity index (χ1v) is 8.92. The van der Waals surface area contributed by atoms with Crippen molar-refractivity contribution < 1.29 is 22.8 Å². The molecule has 0 bridgehead atoms. The Labute approximate surface area is 158 Å². The zero-order valence-corrected chi connectivity index (χ0v) is 15.3. The minimum absolute atomic E-state index is 0.0597. The lowest BCUT2D eigenvalue weighted by atomic mass is 10.1. The molecule has 9 heteroatoms. The van der Waals surface area contributed by atoms with Crippen molar-refractivity contribution in [2.45, 2.75) is 32.5 Å². The Morgan fingerprint density at radius 1 is 1.21 bits per heavy atom. The van der Waals surface area contributed by atoms with Gasteiger partial charge in [-0.05, 0) is 25.5 Å². The van der Waals surface area contributed by atoms with Gasteiger partial charge in [-0.25, -0.2) is 0 Å². The molecule has 2 aromatic rings. The van der Waals surface area contributed by atoms with E-state index in [1.165, 1.54) is 11.0 Å². The Morgan fingerprint density at radius 2 is 1.96 bits per heavy atom. The van der Waals surface area contributed by atoms with E-state index < -0.39 is 23.2 Å². The van der Waals surface area contributed by atoms with Crippen molar-refractivity contribution in [2.24, 2.45) is 0 Å². The number of aryl methyl sites for hydroxylation is 1. The van der Waals surface area contributed by atoms with Gasteiger partial charge >= 0.3 is 6.18 Å². The third-order valence-corrected chi connectivity index (χ3v) is 4.72. The molecule has 0 unspecified atom stereocenters. The number of hydrogen-bond acceptors (Lipinski definition) is 3. The summed E-state index contributed by atoms with van der Waals surface area (Å²) in [6, 6.07) is 5.25. The molecule has 3 rings (SSSR count). The number of rotatable bonds is 5. The lowest BCUT2D eigenvalue weighted by molar-refractivity contribution is -0.143. The van der Waals surface area contributed by atoms with E-state index in [1.54, 1.807) is 19.1 Å². The minimum Gasteiger partial charge on any atom is -0.353 e. The first-order chi connectivity index (χ1) is 13.2. The summed E-state index contributed by atoms with van der Waals surface area (Å²) in [6.45, 7) is 1.94. The molecule has 0 aliphatic carbocycles. The number of halogens is 3. The fourth-order valence-electron chi connectivity index (χ4n) is 3.38. The predicted octanol–water partition coefficient (Wildman–Crippen LogP) is 2.07. The maximum atomic E-state index is 13.4. The van der Waals surface area contributed by atoms with E-state index in [2.05, 4.69) is 5.32 Å². The van der Waals surface area contributed by atoms with Gasteiger partial charge in [0.1, 0.15) is 5.69 Å². The van der Waals surface area contributed by atoms with Gasteiger partial charge in [-0.2, -0.15) is 13.2 Å². The zero-order chi connectivity index (χ0) is 20.5. The van der Waals surface area contributed by atoms with Crippen LogP contribution in [0.3, 0.4) is 0 Å². The fourth-order valence-corrected chi connectivity index (χ4v) is 3.38. The summed E-state index contributed by atoms with van der Waals surface area (Å²) in [5.74, 6) is -0.527. The largest absolute Gasteiger partial charge is 0.431 e. The van der Waals surface area contributed by atoms with Crippen molar-refractivity contribution in [3.8, 4) is 0 Å². The molecule has 150 valence electrons. The molecule has 1 aliphatic rings. The average Bonchev–Trinajstić information content (AvgIpc) is 3.00. The predicted molar refractivity (Wildman–Crippen MR) is 96.8 cm³/mol. The Morgan fingerprint density at radius 3 is 2.61 bits per heavy atom. The first-order valence-electron chi connectivity index (χ1n) is 8.92. The van der Waals surface area contributed by atoms with Crippen LogP contribution < -0.4 is 10.7 Å². The van der Waals surface area contributed by atoms with Crippen molar-refractivity contribution >= 4 is 22.7 Å². The molecule has 1 aromatic heterocycles. The number of amides is 2. The Hall–Kier alpha value is -2.84. The highest BCUT2D eigenvalue weighted by atomic mass is 19.4. The highest BCUT2D eigenvalue weighted by Gasteiger charge is 2.35. The second-order valence-corrected chi connectivity index (χ2v) is 6.83. The summed E-state index contributed by atoms with van der Waals surface area (Å²) in [5.41, 5.74) is -0.828. The van der Waals surface area contributed by atoms with Crippen molar-refractivity contribution in [2.75, 3.05) is 19.6 Å². The summed E-state index contributed by atoms with van der Waals surface area (Å²) in [4.78, 5) is 37.1. The number of fused-ring (bicyclic) bond motifs is 1. The molecule has 28 heavy (non-hydrogen) atoms. The topological polar surface area (TPSA) is 71.4 Å². The lowest BCUT2D eigenvalue weighted by Crippen LogP contribution is -2.39. The van der Waals surface area contributed by atoms with E-state index in [4.69, 9.17) is 0 Å². The molecule has 2 amide bonds. The highest BCUT2D eigenvalue weighted by Crippen LogP contribution is 2.30. The maximum Gasteiger partial charge on any atom is 0.431 e. The number of aromatic nitrogens is 1. The number of hydrogen-bond donors (Lipinski definition) is 1. The van der Waals surface area contributed by atoms with Gasteiger partial charge in [-0.3, -0.25) is 14.4 Å². The third kappa shape index (κ3) is 4.18. The number of carbonyl (C=O) groups is 2.